The van der Waals surface area contributed by atoms with Crippen LogP contribution in [0.3, 0.4) is 0 Å². The zero-order chi connectivity index (χ0) is 18.6. The van der Waals surface area contributed by atoms with Gasteiger partial charge in [-0.1, -0.05) is 12.1 Å². The predicted octanol–water partition coefficient (Wildman–Crippen LogP) is 2.20. The van der Waals surface area contributed by atoms with Crippen LogP contribution in [-0.4, -0.2) is 34.6 Å². The van der Waals surface area contributed by atoms with Crippen molar-refractivity contribution in [2.45, 2.75) is 4.90 Å². The number of benzene rings is 2. The highest BCUT2D eigenvalue weighted by molar-refractivity contribution is 7.92. The molecule has 0 atom stereocenters. The predicted molar refractivity (Wildman–Crippen MR) is 86.3 cm³/mol. The fourth-order valence-electron chi connectivity index (χ4n) is 2.01. The van der Waals surface area contributed by atoms with Crippen LogP contribution in [0.25, 0.3) is 0 Å². The average molecular weight is 367 g/mol. The highest BCUT2D eigenvalue weighted by atomic mass is 32.2. The molecule has 0 fully saturated rings. The zero-order valence-electron chi connectivity index (χ0n) is 13.3. The SMILES string of the molecule is COC(=O)c1ccc(F)c(S(=O)(=O)Nc2ccccc2C(=O)OC)c1. The van der Waals surface area contributed by atoms with E-state index in [-0.39, 0.29) is 16.8 Å². The van der Waals surface area contributed by atoms with Gasteiger partial charge >= 0.3 is 11.9 Å². The van der Waals surface area contributed by atoms with Gasteiger partial charge in [0.25, 0.3) is 10.0 Å². The first-order valence-corrected chi connectivity index (χ1v) is 8.36. The summed E-state index contributed by atoms with van der Waals surface area (Å²) in [6.07, 6.45) is 0. The minimum absolute atomic E-state index is 0.0434. The van der Waals surface area contributed by atoms with E-state index in [0.29, 0.717) is 0 Å². The van der Waals surface area contributed by atoms with E-state index < -0.39 is 32.7 Å². The second-order valence-corrected chi connectivity index (χ2v) is 6.43. The van der Waals surface area contributed by atoms with Gasteiger partial charge in [-0.15, -0.1) is 0 Å². The maximum Gasteiger partial charge on any atom is 0.339 e. The number of methoxy groups -OCH3 is 2. The van der Waals surface area contributed by atoms with Crippen LogP contribution < -0.4 is 4.72 Å². The number of hydrogen-bond acceptors (Lipinski definition) is 6. The van der Waals surface area contributed by atoms with Crippen molar-refractivity contribution in [2.24, 2.45) is 0 Å². The second-order valence-electron chi connectivity index (χ2n) is 4.78. The summed E-state index contributed by atoms with van der Waals surface area (Å²) < 4.78 is 50.2. The summed E-state index contributed by atoms with van der Waals surface area (Å²) in [5, 5.41) is 0. The molecule has 0 aliphatic carbocycles. The van der Waals surface area contributed by atoms with Crippen molar-refractivity contribution in [1.82, 2.24) is 0 Å². The smallest absolute Gasteiger partial charge is 0.339 e. The first-order valence-electron chi connectivity index (χ1n) is 6.88. The normalized spacial score (nSPS) is 10.8. The van der Waals surface area contributed by atoms with Gasteiger partial charge in [0.1, 0.15) is 10.7 Å². The molecule has 0 aliphatic heterocycles. The van der Waals surface area contributed by atoms with Crippen LogP contribution in [0.2, 0.25) is 0 Å². The number of esters is 2. The summed E-state index contributed by atoms with van der Waals surface area (Å²) >= 11 is 0. The maximum atomic E-state index is 14.0. The lowest BCUT2D eigenvalue weighted by Crippen LogP contribution is -2.18. The summed E-state index contributed by atoms with van der Waals surface area (Å²) in [5.41, 5.74) is -0.263. The molecule has 2 aromatic rings. The van der Waals surface area contributed by atoms with Gasteiger partial charge in [-0.25, -0.2) is 22.4 Å². The van der Waals surface area contributed by atoms with E-state index >= 15 is 0 Å². The Kier molecular flexibility index (Phi) is 5.38. The van der Waals surface area contributed by atoms with Crippen LogP contribution in [-0.2, 0) is 19.5 Å². The van der Waals surface area contributed by atoms with E-state index in [1.807, 2.05) is 0 Å². The van der Waals surface area contributed by atoms with Crippen molar-refractivity contribution >= 4 is 27.6 Å². The lowest BCUT2D eigenvalue weighted by atomic mass is 10.2. The minimum atomic E-state index is -4.41. The molecule has 132 valence electrons. The molecule has 9 heteroatoms. The molecular formula is C16H14FNO6S. The van der Waals surface area contributed by atoms with Crippen LogP contribution in [0.15, 0.2) is 47.4 Å². The fraction of sp³-hybridized carbons (Fsp3) is 0.125. The minimum Gasteiger partial charge on any atom is -0.465 e. The third-order valence-corrected chi connectivity index (χ3v) is 4.60. The van der Waals surface area contributed by atoms with Crippen molar-refractivity contribution in [2.75, 3.05) is 18.9 Å². The molecule has 0 aromatic heterocycles. The molecule has 0 heterocycles. The van der Waals surface area contributed by atoms with E-state index in [2.05, 4.69) is 14.2 Å². The van der Waals surface area contributed by atoms with E-state index in [9.17, 15) is 22.4 Å². The summed E-state index contributed by atoms with van der Waals surface area (Å²) in [5.74, 6) is -2.64. The van der Waals surface area contributed by atoms with Crippen molar-refractivity contribution < 1.29 is 31.9 Å². The number of carbonyl (C=O) groups excluding carboxylic acids is 2. The van der Waals surface area contributed by atoms with Gasteiger partial charge in [-0.3, -0.25) is 4.72 Å². The summed E-state index contributed by atoms with van der Waals surface area (Å²) in [6, 6.07) is 8.48. The number of ether oxygens (including phenoxy) is 2. The monoisotopic (exact) mass is 367 g/mol. The number of nitrogens with one attached hydrogen (secondary N) is 1. The molecular weight excluding hydrogens is 353 g/mol. The molecule has 0 aliphatic rings. The van der Waals surface area contributed by atoms with E-state index in [0.717, 1.165) is 32.4 Å². The topological polar surface area (TPSA) is 98.8 Å². The molecule has 2 rings (SSSR count). The third kappa shape index (κ3) is 3.94. The second kappa shape index (κ2) is 7.31. The first-order chi connectivity index (χ1) is 11.8. The number of sulfonamides is 1. The van der Waals surface area contributed by atoms with Crippen molar-refractivity contribution in [3.63, 3.8) is 0 Å². The summed E-state index contributed by atoms with van der Waals surface area (Å²) in [6.45, 7) is 0. The van der Waals surface area contributed by atoms with E-state index in [1.165, 1.54) is 24.3 Å². The fourth-order valence-corrected chi connectivity index (χ4v) is 3.20. The van der Waals surface area contributed by atoms with Crippen molar-refractivity contribution in [1.29, 1.82) is 0 Å². The van der Waals surface area contributed by atoms with Gasteiger partial charge in [0, 0.05) is 0 Å². The van der Waals surface area contributed by atoms with Crippen LogP contribution >= 0.6 is 0 Å². The first kappa shape index (κ1) is 18.4. The van der Waals surface area contributed by atoms with Crippen molar-refractivity contribution in [3.8, 4) is 0 Å². The quantitative estimate of drug-likeness (QED) is 0.814. The van der Waals surface area contributed by atoms with Gasteiger partial charge in [0.15, 0.2) is 0 Å². The lowest BCUT2D eigenvalue weighted by Gasteiger charge is -2.12. The molecule has 25 heavy (non-hydrogen) atoms. The Morgan fingerprint density at radius 1 is 1.00 bits per heavy atom. The van der Waals surface area contributed by atoms with Crippen LogP contribution in [0, 0.1) is 5.82 Å². The number of carbonyl (C=O) groups is 2. The Balaban J connectivity index is 2.48. The molecule has 1 N–H and O–H groups in total. The number of anilines is 1. The highest BCUT2D eigenvalue weighted by Crippen LogP contribution is 2.23. The molecule has 0 saturated heterocycles. The van der Waals surface area contributed by atoms with Gasteiger partial charge in [-0.2, -0.15) is 0 Å². The molecule has 2 aromatic carbocycles. The molecule has 7 nitrogen and oxygen atoms in total. The number of para-hydroxylation sites is 1. The van der Waals surface area contributed by atoms with Crippen LogP contribution in [0.5, 0.6) is 0 Å². The Morgan fingerprint density at radius 3 is 2.28 bits per heavy atom. The molecule has 0 spiro atoms. The standard InChI is InChI=1S/C16H14FNO6S/c1-23-15(19)10-7-8-12(17)14(9-10)25(21,22)18-13-6-4-3-5-11(13)16(20)24-2/h3-9,18H,1-2H3. The summed E-state index contributed by atoms with van der Waals surface area (Å²) in [7, 11) is -2.15. The molecule has 0 unspecified atom stereocenters. The Bertz CT molecular complexity index is 926. The van der Waals surface area contributed by atoms with E-state index in [1.54, 1.807) is 0 Å². The average Bonchev–Trinajstić information content (AvgIpc) is 2.60. The largest absolute Gasteiger partial charge is 0.465 e. The molecule has 0 radical (unpaired) electrons. The van der Waals surface area contributed by atoms with Crippen LogP contribution in [0.4, 0.5) is 10.1 Å². The number of halogens is 1. The third-order valence-electron chi connectivity index (χ3n) is 3.22. The van der Waals surface area contributed by atoms with Gasteiger partial charge in [0.05, 0.1) is 31.0 Å². The Labute approximate surface area is 143 Å². The van der Waals surface area contributed by atoms with Gasteiger partial charge in [-0.05, 0) is 30.3 Å². The Hall–Kier alpha value is -2.94. The molecule has 0 bridgehead atoms. The van der Waals surface area contributed by atoms with Crippen molar-refractivity contribution in [3.05, 3.63) is 59.4 Å². The maximum absolute atomic E-state index is 14.0. The van der Waals surface area contributed by atoms with E-state index in [4.69, 9.17) is 0 Å². The lowest BCUT2D eigenvalue weighted by molar-refractivity contribution is 0.0592. The van der Waals surface area contributed by atoms with Crippen LogP contribution in [0.1, 0.15) is 20.7 Å². The van der Waals surface area contributed by atoms with Gasteiger partial charge < -0.3 is 9.47 Å². The Morgan fingerprint density at radius 2 is 1.64 bits per heavy atom. The highest BCUT2D eigenvalue weighted by Gasteiger charge is 2.23. The van der Waals surface area contributed by atoms with Gasteiger partial charge in [0.2, 0.25) is 0 Å². The summed E-state index contributed by atoms with van der Waals surface area (Å²) in [4.78, 5) is 22.5. The molecule has 0 saturated carbocycles. The molecule has 0 amide bonds. The zero-order valence-corrected chi connectivity index (χ0v) is 14.1. The number of hydrogen-bond donors (Lipinski definition) is 1. The number of rotatable bonds is 5.